The summed E-state index contributed by atoms with van der Waals surface area (Å²) < 4.78 is 1.30. The molecule has 118 valence electrons. The number of carbonyl (C=O) groups is 1. The predicted octanol–water partition coefficient (Wildman–Crippen LogP) is 3.14. The fraction of sp³-hybridized carbons (Fsp3) is 0.316. The van der Waals surface area contributed by atoms with Crippen LogP contribution in [0.25, 0.3) is 0 Å². The Balaban J connectivity index is 2.46. The molecule has 4 heteroatoms. The first-order valence-corrected chi connectivity index (χ1v) is 7.48. The SMILES string of the molecule is Cc1cc(C(=O)Cn2ccc(C)c(C#N)c2=O)c(C)c(C)c1C. The lowest BCUT2D eigenvalue weighted by Crippen LogP contribution is -2.26. The number of hydrogen-bond acceptors (Lipinski definition) is 3. The molecule has 0 aliphatic carbocycles. The minimum Gasteiger partial charge on any atom is -0.307 e. The van der Waals surface area contributed by atoms with Crippen LogP contribution < -0.4 is 5.56 Å². The second-order valence-electron chi connectivity index (χ2n) is 5.96. The number of pyridine rings is 1. The summed E-state index contributed by atoms with van der Waals surface area (Å²) in [4.78, 5) is 24.9. The van der Waals surface area contributed by atoms with Crippen molar-refractivity contribution in [2.45, 2.75) is 41.2 Å². The van der Waals surface area contributed by atoms with Crippen molar-refractivity contribution in [3.8, 4) is 6.07 Å². The quantitative estimate of drug-likeness (QED) is 0.818. The molecular formula is C19H20N2O2. The highest BCUT2D eigenvalue weighted by Crippen LogP contribution is 2.21. The number of aromatic nitrogens is 1. The number of rotatable bonds is 3. The molecule has 0 saturated carbocycles. The molecule has 4 nitrogen and oxygen atoms in total. The van der Waals surface area contributed by atoms with Crippen LogP contribution in [0.3, 0.4) is 0 Å². The summed E-state index contributed by atoms with van der Waals surface area (Å²) in [6.45, 7) is 9.59. The molecule has 2 aromatic rings. The fourth-order valence-electron chi connectivity index (χ4n) is 2.67. The monoisotopic (exact) mass is 308 g/mol. The van der Waals surface area contributed by atoms with Crippen LogP contribution in [0.5, 0.6) is 0 Å². The van der Waals surface area contributed by atoms with Gasteiger partial charge in [0.25, 0.3) is 5.56 Å². The highest BCUT2D eigenvalue weighted by atomic mass is 16.1. The van der Waals surface area contributed by atoms with Gasteiger partial charge in [-0.15, -0.1) is 0 Å². The van der Waals surface area contributed by atoms with E-state index in [9.17, 15) is 9.59 Å². The van der Waals surface area contributed by atoms with Crippen molar-refractivity contribution in [3.63, 3.8) is 0 Å². The van der Waals surface area contributed by atoms with Gasteiger partial charge in [-0.1, -0.05) is 0 Å². The van der Waals surface area contributed by atoms with Crippen LogP contribution in [0.15, 0.2) is 23.1 Å². The molecule has 0 fully saturated rings. The summed E-state index contributed by atoms with van der Waals surface area (Å²) in [5, 5.41) is 9.07. The molecule has 0 amide bonds. The minimum absolute atomic E-state index is 0.0590. The number of nitrogens with zero attached hydrogens (tertiary/aromatic N) is 2. The zero-order chi connectivity index (χ0) is 17.3. The van der Waals surface area contributed by atoms with Gasteiger partial charge in [0.15, 0.2) is 5.78 Å². The van der Waals surface area contributed by atoms with Crippen molar-refractivity contribution < 1.29 is 4.79 Å². The van der Waals surface area contributed by atoms with Crippen molar-refractivity contribution in [2.24, 2.45) is 0 Å². The molecule has 0 radical (unpaired) electrons. The van der Waals surface area contributed by atoms with Crippen LogP contribution in [0.2, 0.25) is 0 Å². The normalized spacial score (nSPS) is 10.4. The summed E-state index contributed by atoms with van der Waals surface area (Å²) in [6, 6.07) is 5.48. The maximum absolute atomic E-state index is 12.6. The molecule has 2 rings (SSSR count). The van der Waals surface area contributed by atoms with E-state index in [1.54, 1.807) is 19.2 Å². The molecule has 1 aromatic carbocycles. The Morgan fingerprint density at radius 2 is 1.74 bits per heavy atom. The number of benzene rings is 1. The summed E-state index contributed by atoms with van der Waals surface area (Å²) >= 11 is 0. The lowest BCUT2D eigenvalue weighted by atomic mass is 9.92. The van der Waals surface area contributed by atoms with Gasteiger partial charge in [0.2, 0.25) is 0 Å². The van der Waals surface area contributed by atoms with Gasteiger partial charge in [-0.3, -0.25) is 9.59 Å². The largest absolute Gasteiger partial charge is 0.307 e. The number of carbonyl (C=O) groups excluding carboxylic acids is 1. The average Bonchev–Trinajstić information content (AvgIpc) is 2.52. The average molecular weight is 308 g/mol. The Bertz CT molecular complexity index is 899. The van der Waals surface area contributed by atoms with E-state index in [4.69, 9.17) is 5.26 Å². The van der Waals surface area contributed by atoms with Crippen molar-refractivity contribution in [3.05, 3.63) is 67.6 Å². The van der Waals surface area contributed by atoms with E-state index in [1.807, 2.05) is 39.8 Å². The summed E-state index contributed by atoms with van der Waals surface area (Å²) in [5.41, 5.74) is 5.22. The molecule has 23 heavy (non-hydrogen) atoms. The van der Waals surface area contributed by atoms with Crippen LogP contribution in [0, 0.1) is 45.9 Å². The van der Waals surface area contributed by atoms with Gasteiger partial charge in [0, 0.05) is 11.8 Å². The molecule has 0 N–H and O–H groups in total. The van der Waals surface area contributed by atoms with Gasteiger partial charge in [0.05, 0.1) is 6.54 Å². The molecule has 0 unspecified atom stereocenters. The lowest BCUT2D eigenvalue weighted by molar-refractivity contribution is 0.0970. The number of hydrogen-bond donors (Lipinski definition) is 0. The van der Waals surface area contributed by atoms with Crippen molar-refractivity contribution in [2.75, 3.05) is 0 Å². The first-order valence-electron chi connectivity index (χ1n) is 7.48. The minimum atomic E-state index is -0.418. The van der Waals surface area contributed by atoms with Gasteiger partial charge in [-0.25, -0.2) is 0 Å². The second kappa shape index (κ2) is 6.21. The molecule has 0 spiro atoms. The van der Waals surface area contributed by atoms with Gasteiger partial charge in [0.1, 0.15) is 11.6 Å². The van der Waals surface area contributed by atoms with Crippen LogP contribution in [-0.4, -0.2) is 10.4 Å². The van der Waals surface area contributed by atoms with Crippen LogP contribution in [0.4, 0.5) is 0 Å². The van der Waals surface area contributed by atoms with Gasteiger partial charge in [-0.2, -0.15) is 5.26 Å². The molecule has 0 atom stereocenters. The lowest BCUT2D eigenvalue weighted by Gasteiger charge is -2.14. The molecule has 1 aromatic heterocycles. The number of ketones is 1. The molecule has 0 aliphatic rings. The molecule has 0 bridgehead atoms. The molecule has 1 heterocycles. The second-order valence-corrected chi connectivity index (χ2v) is 5.96. The van der Waals surface area contributed by atoms with E-state index in [1.165, 1.54) is 10.1 Å². The van der Waals surface area contributed by atoms with Gasteiger partial charge in [-0.05, 0) is 74.6 Å². The molecule has 0 aliphatic heterocycles. The van der Waals surface area contributed by atoms with E-state index in [0.29, 0.717) is 11.1 Å². The van der Waals surface area contributed by atoms with Gasteiger partial charge < -0.3 is 4.57 Å². The van der Waals surface area contributed by atoms with E-state index in [2.05, 4.69) is 0 Å². The standard InChI is InChI=1S/C19H20N2O2/c1-11-6-7-21(19(23)17(11)9-20)10-18(22)16-8-12(2)13(3)14(4)15(16)5/h6-8H,10H2,1-5H3. The van der Waals surface area contributed by atoms with E-state index in [0.717, 1.165) is 16.7 Å². The van der Waals surface area contributed by atoms with Crippen molar-refractivity contribution >= 4 is 5.78 Å². The molecule has 0 saturated heterocycles. The maximum Gasteiger partial charge on any atom is 0.269 e. The van der Waals surface area contributed by atoms with Gasteiger partial charge >= 0.3 is 0 Å². The Labute approximate surface area is 136 Å². The topological polar surface area (TPSA) is 62.9 Å². The molecular weight excluding hydrogens is 288 g/mol. The number of nitriles is 1. The van der Waals surface area contributed by atoms with Crippen LogP contribution in [0.1, 0.15) is 43.7 Å². The highest BCUT2D eigenvalue weighted by Gasteiger charge is 2.16. The Kier molecular flexibility index (Phi) is 4.51. The third-order valence-corrected chi connectivity index (χ3v) is 4.58. The summed E-state index contributed by atoms with van der Waals surface area (Å²) in [6.07, 6.45) is 1.57. The van der Waals surface area contributed by atoms with E-state index >= 15 is 0 Å². The third-order valence-electron chi connectivity index (χ3n) is 4.58. The van der Waals surface area contributed by atoms with E-state index in [-0.39, 0.29) is 17.9 Å². The smallest absolute Gasteiger partial charge is 0.269 e. The first-order chi connectivity index (χ1) is 10.8. The van der Waals surface area contributed by atoms with Crippen molar-refractivity contribution in [1.29, 1.82) is 5.26 Å². The third kappa shape index (κ3) is 2.95. The fourth-order valence-corrected chi connectivity index (χ4v) is 2.67. The summed E-state index contributed by atoms with van der Waals surface area (Å²) in [5.74, 6) is -0.122. The Morgan fingerprint density at radius 1 is 1.09 bits per heavy atom. The Hall–Kier alpha value is -2.67. The van der Waals surface area contributed by atoms with E-state index < -0.39 is 5.56 Å². The Morgan fingerprint density at radius 3 is 2.35 bits per heavy atom. The summed E-state index contributed by atoms with van der Waals surface area (Å²) in [7, 11) is 0. The number of aryl methyl sites for hydroxylation is 2. The van der Waals surface area contributed by atoms with Crippen molar-refractivity contribution in [1.82, 2.24) is 4.57 Å². The predicted molar refractivity (Wildman–Crippen MR) is 89.9 cm³/mol. The maximum atomic E-state index is 12.6. The highest BCUT2D eigenvalue weighted by molar-refractivity contribution is 5.98. The van der Waals surface area contributed by atoms with Crippen LogP contribution >= 0.6 is 0 Å². The zero-order valence-electron chi connectivity index (χ0n) is 14.2. The van der Waals surface area contributed by atoms with Crippen LogP contribution in [-0.2, 0) is 6.54 Å². The first kappa shape index (κ1) is 16.7. The number of Topliss-reactive ketones (excluding diaryl/α,β-unsaturated/α-hetero) is 1. The zero-order valence-corrected chi connectivity index (χ0v) is 14.2.